The minimum atomic E-state index is -0.556. The summed E-state index contributed by atoms with van der Waals surface area (Å²) in [6.07, 6.45) is 3.07. The first-order valence-electron chi connectivity index (χ1n) is 6.44. The van der Waals surface area contributed by atoms with Crippen LogP contribution in [0.3, 0.4) is 0 Å². The Kier molecular flexibility index (Phi) is 4.61. The number of carbonyl (C=O) groups excluding carboxylic acids is 2. The van der Waals surface area contributed by atoms with Crippen LogP contribution in [-0.4, -0.2) is 23.8 Å². The molecule has 0 saturated heterocycles. The maximum Gasteiger partial charge on any atom is 0.149 e. The number of ketones is 2. The summed E-state index contributed by atoms with van der Waals surface area (Å²) in [6, 6.07) is 0. The molecule has 1 aliphatic carbocycles. The lowest BCUT2D eigenvalue weighted by molar-refractivity contribution is -0.136. The van der Waals surface area contributed by atoms with Crippen molar-refractivity contribution in [2.24, 2.45) is 16.3 Å². The van der Waals surface area contributed by atoms with E-state index in [0.717, 1.165) is 19.4 Å². The summed E-state index contributed by atoms with van der Waals surface area (Å²) in [5.74, 6) is -0.465. The molecule has 0 aromatic heterocycles. The van der Waals surface area contributed by atoms with Gasteiger partial charge in [0, 0.05) is 25.1 Å². The largest absolute Gasteiger partial charge is 0.298 e. The van der Waals surface area contributed by atoms with Gasteiger partial charge in [-0.1, -0.05) is 27.2 Å². The number of carbonyl (C=O) groups is 2. The maximum absolute atomic E-state index is 12.0. The molecule has 96 valence electrons. The van der Waals surface area contributed by atoms with Crippen LogP contribution >= 0.6 is 0 Å². The first kappa shape index (κ1) is 14.1. The van der Waals surface area contributed by atoms with Crippen molar-refractivity contribution < 1.29 is 9.59 Å². The van der Waals surface area contributed by atoms with Crippen molar-refractivity contribution in [3.8, 4) is 0 Å². The summed E-state index contributed by atoms with van der Waals surface area (Å²) in [5, 5.41) is 0. The molecule has 1 rings (SSSR count). The lowest BCUT2D eigenvalue weighted by Crippen LogP contribution is -2.41. The van der Waals surface area contributed by atoms with E-state index in [0.29, 0.717) is 18.6 Å². The summed E-state index contributed by atoms with van der Waals surface area (Å²) < 4.78 is 0. The summed E-state index contributed by atoms with van der Waals surface area (Å²) in [5.41, 5.74) is 0.540. The van der Waals surface area contributed by atoms with Gasteiger partial charge in [0.25, 0.3) is 0 Å². The lowest BCUT2D eigenvalue weighted by Gasteiger charge is -2.31. The normalized spacial score (nSPS) is 22.0. The second-order valence-corrected chi connectivity index (χ2v) is 5.76. The van der Waals surface area contributed by atoms with E-state index in [-0.39, 0.29) is 17.0 Å². The Bertz CT molecular complexity index is 322. The SMILES string of the molecule is CCCCN=C(C)C1C(=O)CC(C)(C)CC1=O. The number of hydrogen-bond acceptors (Lipinski definition) is 3. The number of nitrogens with zero attached hydrogens (tertiary/aromatic N) is 1. The van der Waals surface area contributed by atoms with Gasteiger partial charge >= 0.3 is 0 Å². The number of rotatable bonds is 4. The monoisotopic (exact) mass is 237 g/mol. The summed E-state index contributed by atoms with van der Waals surface area (Å²) in [4.78, 5) is 28.3. The Balaban J connectivity index is 2.74. The quantitative estimate of drug-likeness (QED) is 0.429. The van der Waals surface area contributed by atoms with Gasteiger partial charge in [-0.05, 0) is 18.8 Å². The molecule has 1 fully saturated rings. The Morgan fingerprint density at radius 1 is 1.29 bits per heavy atom. The van der Waals surface area contributed by atoms with Crippen molar-refractivity contribution in [3.05, 3.63) is 0 Å². The molecule has 0 aromatic carbocycles. The zero-order valence-corrected chi connectivity index (χ0v) is 11.4. The van der Waals surface area contributed by atoms with Crippen molar-refractivity contribution >= 4 is 17.3 Å². The summed E-state index contributed by atoms with van der Waals surface area (Å²) in [7, 11) is 0. The van der Waals surface area contributed by atoms with Crippen LogP contribution in [0, 0.1) is 11.3 Å². The minimum absolute atomic E-state index is 0.0454. The highest BCUT2D eigenvalue weighted by Crippen LogP contribution is 2.34. The summed E-state index contributed by atoms with van der Waals surface area (Å²) in [6.45, 7) is 8.59. The fourth-order valence-electron chi connectivity index (χ4n) is 2.36. The summed E-state index contributed by atoms with van der Waals surface area (Å²) >= 11 is 0. The third kappa shape index (κ3) is 3.76. The predicted molar refractivity (Wildman–Crippen MR) is 69.4 cm³/mol. The highest BCUT2D eigenvalue weighted by molar-refractivity contribution is 6.21. The fraction of sp³-hybridized carbons (Fsp3) is 0.786. The Morgan fingerprint density at radius 3 is 2.29 bits per heavy atom. The van der Waals surface area contributed by atoms with E-state index in [1.807, 2.05) is 20.8 Å². The molecule has 0 spiro atoms. The van der Waals surface area contributed by atoms with Gasteiger partial charge in [-0.2, -0.15) is 0 Å². The molecule has 3 heteroatoms. The van der Waals surface area contributed by atoms with E-state index in [9.17, 15) is 9.59 Å². The lowest BCUT2D eigenvalue weighted by atomic mass is 9.70. The van der Waals surface area contributed by atoms with E-state index in [4.69, 9.17) is 0 Å². The van der Waals surface area contributed by atoms with Crippen LogP contribution < -0.4 is 0 Å². The molecule has 1 saturated carbocycles. The van der Waals surface area contributed by atoms with E-state index < -0.39 is 5.92 Å². The average Bonchev–Trinajstić information content (AvgIpc) is 2.14. The molecule has 17 heavy (non-hydrogen) atoms. The second-order valence-electron chi connectivity index (χ2n) is 5.76. The highest BCUT2D eigenvalue weighted by Gasteiger charge is 2.40. The predicted octanol–water partition coefficient (Wildman–Crippen LogP) is 2.82. The molecule has 0 aliphatic heterocycles. The van der Waals surface area contributed by atoms with Crippen LogP contribution in [0.1, 0.15) is 53.4 Å². The number of unbranched alkanes of at least 4 members (excludes halogenated alkanes) is 1. The standard InChI is InChI=1S/C14H23NO2/c1-5-6-7-15-10(2)13-11(16)8-14(3,4)9-12(13)17/h13H,5-9H2,1-4H3. The Labute approximate surface area is 104 Å². The molecule has 0 bridgehead atoms. The number of hydrogen-bond donors (Lipinski definition) is 0. The van der Waals surface area contributed by atoms with Crippen molar-refractivity contribution in [2.45, 2.75) is 53.4 Å². The number of Topliss-reactive ketones (excluding diaryl/α,β-unsaturated/α-hetero) is 2. The van der Waals surface area contributed by atoms with Crippen LogP contribution in [0.2, 0.25) is 0 Å². The molecule has 0 heterocycles. The van der Waals surface area contributed by atoms with Gasteiger partial charge in [-0.15, -0.1) is 0 Å². The van der Waals surface area contributed by atoms with Gasteiger partial charge in [-0.25, -0.2) is 0 Å². The Hall–Kier alpha value is -0.990. The third-order valence-corrected chi connectivity index (χ3v) is 3.24. The molecular weight excluding hydrogens is 214 g/mol. The van der Waals surface area contributed by atoms with Gasteiger partial charge in [0.2, 0.25) is 0 Å². The number of aliphatic imine (C=N–C) groups is 1. The van der Waals surface area contributed by atoms with Crippen LogP contribution in [0.5, 0.6) is 0 Å². The zero-order valence-electron chi connectivity index (χ0n) is 11.4. The zero-order chi connectivity index (χ0) is 13.1. The molecular formula is C14H23NO2. The van der Waals surface area contributed by atoms with Crippen LogP contribution in [0.25, 0.3) is 0 Å². The van der Waals surface area contributed by atoms with E-state index in [1.165, 1.54) is 0 Å². The average molecular weight is 237 g/mol. The van der Waals surface area contributed by atoms with Gasteiger partial charge < -0.3 is 0 Å². The molecule has 0 unspecified atom stereocenters. The minimum Gasteiger partial charge on any atom is -0.298 e. The van der Waals surface area contributed by atoms with E-state index >= 15 is 0 Å². The molecule has 0 atom stereocenters. The molecule has 0 aromatic rings. The van der Waals surface area contributed by atoms with Crippen LogP contribution in [-0.2, 0) is 9.59 Å². The molecule has 1 aliphatic rings. The van der Waals surface area contributed by atoms with Gasteiger partial charge in [0.05, 0.1) is 0 Å². The first-order chi connectivity index (χ1) is 7.87. The van der Waals surface area contributed by atoms with Crippen LogP contribution in [0.15, 0.2) is 4.99 Å². The smallest absolute Gasteiger partial charge is 0.149 e. The molecule has 0 radical (unpaired) electrons. The highest BCUT2D eigenvalue weighted by atomic mass is 16.2. The van der Waals surface area contributed by atoms with Crippen molar-refractivity contribution in [1.29, 1.82) is 0 Å². The van der Waals surface area contributed by atoms with Crippen molar-refractivity contribution in [2.75, 3.05) is 6.54 Å². The van der Waals surface area contributed by atoms with Gasteiger partial charge in [-0.3, -0.25) is 14.6 Å². The molecule has 3 nitrogen and oxygen atoms in total. The third-order valence-electron chi connectivity index (χ3n) is 3.24. The van der Waals surface area contributed by atoms with Crippen molar-refractivity contribution in [3.63, 3.8) is 0 Å². The van der Waals surface area contributed by atoms with Gasteiger partial charge in [0.1, 0.15) is 17.5 Å². The fourth-order valence-corrected chi connectivity index (χ4v) is 2.36. The molecule has 0 amide bonds. The Morgan fingerprint density at radius 2 is 1.82 bits per heavy atom. The van der Waals surface area contributed by atoms with E-state index in [2.05, 4.69) is 11.9 Å². The van der Waals surface area contributed by atoms with Crippen molar-refractivity contribution in [1.82, 2.24) is 0 Å². The van der Waals surface area contributed by atoms with Gasteiger partial charge in [0.15, 0.2) is 0 Å². The van der Waals surface area contributed by atoms with Crippen LogP contribution in [0.4, 0.5) is 0 Å². The van der Waals surface area contributed by atoms with E-state index in [1.54, 1.807) is 0 Å². The second kappa shape index (κ2) is 5.56. The first-order valence-corrected chi connectivity index (χ1v) is 6.44. The maximum atomic E-state index is 12.0. The molecule has 0 N–H and O–H groups in total. The topological polar surface area (TPSA) is 46.5 Å².